The molecule has 0 saturated carbocycles. The molecule has 0 aromatic heterocycles. The number of benzene rings is 2. The van der Waals surface area contributed by atoms with E-state index >= 15 is 0 Å². The lowest BCUT2D eigenvalue weighted by Crippen LogP contribution is -2.48. The number of sulfonamides is 1. The highest BCUT2D eigenvalue weighted by atomic mass is 32.2. The number of piperazine rings is 1. The van der Waals surface area contributed by atoms with Crippen LogP contribution < -0.4 is 4.90 Å². The van der Waals surface area contributed by atoms with Gasteiger partial charge < -0.3 is 10.0 Å². The molecule has 138 valence electrons. The summed E-state index contributed by atoms with van der Waals surface area (Å²) < 4.78 is 40.1. The maximum atomic E-state index is 13.0. The summed E-state index contributed by atoms with van der Waals surface area (Å²) in [6, 6.07) is 12.2. The zero-order valence-corrected chi connectivity index (χ0v) is 14.8. The maximum absolute atomic E-state index is 13.0. The lowest BCUT2D eigenvalue weighted by Gasteiger charge is -2.35. The Kier molecular flexibility index (Phi) is 5.24. The van der Waals surface area contributed by atoms with Crippen molar-refractivity contribution in [2.75, 3.05) is 31.1 Å². The van der Waals surface area contributed by atoms with Gasteiger partial charge in [0.05, 0.1) is 11.3 Å². The molecule has 0 amide bonds. The van der Waals surface area contributed by atoms with Crippen molar-refractivity contribution >= 4 is 21.7 Å². The number of nitrogens with zero attached hydrogens (tertiary/aromatic N) is 2. The first-order chi connectivity index (χ1) is 12.4. The number of anilines is 1. The Morgan fingerprint density at radius 3 is 2.31 bits per heavy atom. The van der Waals surface area contributed by atoms with Gasteiger partial charge in [0.25, 0.3) is 0 Å². The number of hydrogen-bond donors (Lipinski definition) is 1. The van der Waals surface area contributed by atoms with E-state index in [-0.39, 0.29) is 17.1 Å². The first-order valence-corrected chi connectivity index (χ1v) is 9.62. The summed E-state index contributed by atoms with van der Waals surface area (Å²) in [5.41, 5.74) is 1.30. The molecule has 0 aliphatic carbocycles. The monoisotopic (exact) mass is 378 g/mol. The van der Waals surface area contributed by atoms with Crippen molar-refractivity contribution in [3.8, 4) is 0 Å². The fraction of sp³-hybridized carbons (Fsp3) is 0.278. The first-order valence-electron chi connectivity index (χ1n) is 8.18. The molecular formula is C18H19FN2O4S. The van der Waals surface area contributed by atoms with Crippen LogP contribution in [-0.2, 0) is 21.2 Å². The Bertz CT molecular complexity index is 892. The molecule has 3 rings (SSSR count). The molecule has 0 bridgehead atoms. The molecule has 1 aliphatic heterocycles. The van der Waals surface area contributed by atoms with E-state index in [1.54, 1.807) is 24.3 Å². The third-order valence-electron chi connectivity index (χ3n) is 4.32. The molecule has 0 spiro atoms. The van der Waals surface area contributed by atoms with Crippen LogP contribution >= 0.6 is 0 Å². The van der Waals surface area contributed by atoms with Crippen molar-refractivity contribution in [2.45, 2.75) is 11.3 Å². The van der Waals surface area contributed by atoms with Gasteiger partial charge in [0, 0.05) is 31.9 Å². The van der Waals surface area contributed by atoms with Crippen LogP contribution in [0.4, 0.5) is 10.1 Å². The van der Waals surface area contributed by atoms with Gasteiger partial charge in [-0.3, -0.25) is 4.79 Å². The fourth-order valence-electron chi connectivity index (χ4n) is 2.98. The van der Waals surface area contributed by atoms with E-state index < -0.39 is 16.0 Å². The largest absolute Gasteiger partial charge is 0.481 e. The second-order valence-corrected chi connectivity index (χ2v) is 8.02. The Labute approximate surface area is 151 Å². The molecule has 1 aliphatic rings. The van der Waals surface area contributed by atoms with Crippen molar-refractivity contribution < 1.29 is 22.7 Å². The quantitative estimate of drug-likeness (QED) is 0.861. The van der Waals surface area contributed by atoms with Crippen LogP contribution in [0.25, 0.3) is 0 Å². The Hall–Kier alpha value is -2.45. The minimum atomic E-state index is -3.68. The van der Waals surface area contributed by atoms with Crippen LogP contribution in [0.2, 0.25) is 0 Å². The van der Waals surface area contributed by atoms with Crippen LogP contribution in [0.5, 0.6) is 0 Å². The summed E-state index contributed by atoms with van der Waals surface area (Å²) in [7, 11) is -3.68. The summed E-state index contributed by atoms with van der Waals surface area (Å²) in [4.78, 5) is 12.9. The van der Waals surface area contributed by atoms with Crippen LogP contribution in [0.1, 0.15) is 5.56 Å². The fourth-order valence-corrected chi connectivity index (χ4v) is 4.47. The molecule has 1 heterocycles. The van der Waals surface area contributed by atoms with Gasteiger partial charge in [-0.15, -0.1) is 0 Å². The molecule has 6 nitrogen and oxygen atoms in total. The molecule has 8 heteroatoms. The van der Waals surface area contributed by atoms with Gasteiger partial charge in [-0.1, -0.05) is 12.1 Å². The number of halogens is 1. The first kappa shape index (κ1) is 18.3. The average Bonchev–Trinajstić information content (AvgIpc) is 2.62. The lowest BCUT2D eigenvalue weighted by molar-refractivity contribution is -0.136. The Balaban J connectivity index is 1.71. The molecule has 26 heavy (non-hydrogen) atoms. The van der Waals surface area contributed by atoms with Crippen molar-refractivity contribution in [2.24, 2.45) is 0 Å². The van der Waals surface area contributed by atoms with Gasteiger partial charge >= 0.3 is 5.97 Å². The van der Waals surface area contributed by atoms with Crippen molar-refractivity contribution in [3.05, 3.63) is 59.9 Å². The Morgan fingerprint density at radius 1 is 1.04 bits per heavy atom. The average molecular weight is 378 g/mol. The minimum Gasteiger partial charge on any atom is -0.481 e. The standard InChI is InChI=1S/C18H19FN2O4S/c19-15-4-6-16(7-5-15)20-8-10-21(11-9-20)26(24,25)17-3-1-2-14(12-17)13-18(22)23/h1-7,12H,8-11,13H2,(H,22,23). The summed E-state index contributed by atoms with van der Waals surface area (Å²) >= 11 is 0. The second kappa shape index (κ2) is 7.43. The predicted molar refractivity (Wildman–Crippen MR) is 95.2 cm³/mol. The topological polar surface area (TPSA) is 77.9 Å². The van der Waals surface area contributed by atoms with Gasteiger partial charge in [-0.2, -0.15) is 4.31 Å². The zero-order valence-electron chi connectivity index (χ0n) is 14.0. The van der Waals surface area contributed by atoms with Gasteiger partial charge in [0.1, 0.15) is 5.82 Å². The normalized spacial score (nSPS) is 15.8. The second-order valence-electron chi connectivity index (χ2n) is 6.09. The third-order valence-corrected chi connectivity index (χ3v) is 6.22. The van der Waals surface area contributed by atoms with Gasteiger partial charge in [0.2, 0.25) is 10.0 Å². The van der Waals surface area contributed by atoms with Crippen LogP contribution in [0.15, 0.2) is 53.4 Å². The zero-order chi connectivity index (χ0) is 18.7. The van der Waals surface area contributed by atoms with Gasteiger partial charge in [-0.25, -0.2) is 12.8 Å². The minimum absolute atomic E-state index is 0.103. The van der Waals surface area contributed by atoms with Crippen LogP contribution in [-0.4, -0.2) is 50.0 Å². The van der Waals surface area contributed by atoms with E-state index in [1.165, 1.54) is 28.6 Å². The molecule has 1 saturated heterocycles. The number of hydrogen-bond acceptors (Lipinski definition) is 4. The van der Waals surface area contributed by atoms with Crippen molar-refractivity contribution in [3.63, 3.8) is 0 Å². The van der Waals surface area contributed by atoms with Gasteiger partial charge in [-0.05, 0) is 42.0 Å². The van der Waals surface area contributed by atoms with Crippen LogP contribution in [0, 0.1) is 5.82 Å². The molecule has 2 aromatic rings. The van der Waals surface area contributed by atoms with E-state index in [2.05, 4.69) is 0 Å². The molecule has 1 fully saturated rings. The molecule has 0 atom stereocenters. The molecule has 0 radical (unpaired) electrons. The number of aliphatic carboxylic acids is 1. The van der Waals surface area contributed by atoms with E-state index in [1.807, 2.05) is 4.90 Å². The number of carboxylic acids is 1. The Morgan fingerprint density at radius 2 is 1.69 bits per heavy atom. The van der Waals surface area contributed by atoms with E-state index in [4.69, 9.17) is 5.11 Å². The van der Waals surface area contributed by atoms with Crippen molar-refractivity contribution in [1.82, 2.24) is 4.31 Å². The van der Waals surface area contributed by atoms with Crippen molar-refractivity contribution in [1.29, 1.82) is 0 Å². The van der Waals surface area contributed by atoms with E-state index in [0.29, 0.717) is 31.7 Å². The molecule has 0 unspecified atom stereocenters. The summed E-state index contributed by atoms with van der Waals surface area (Å²) in [5, 5.41) is 8.88. The molecule has 1 N–H and O–H groups in total. The predicted octanol–water partition coefficient (Wildman–Crippen LogP) is 1.96. The smallest absolute Gasteiger partial charge is 0.307 e. The van der Waals surface area contributed by atoms with Gasteiger partial charge in [0.15, 0.2) is 0 Å². The highest BCUT2D eigenvalue weighted by Gasteiger charge is 2.28. The summed E-state index contributed by atoms with van der Waals surface area (Å²) in [5.74, 6) is -1.32. The van der Waals surface area contributed by atoms with Crippen LogP contribution in [0.3, 0.4) is 0 Å². The summed E-state index contributed by atoms with van der Waals surface area (Å²) in [6.45, 7) is 1.62. The van der Waals surface area contributed by atoms with E-state index in [9.17, 15) is 17.6 Å². The third kappa shape index (κ3) is 4.03. The highest BCUT2D eigenvalue weighted by Crippen LogP contribution is 2.22. The summed E-state index contributed by atoms with van der Waals surface area (Å²) in [6.07, 6.45) is -0.221. The highest BCUT2D eigenvalue weighted by molar-refractivity contribution is 7.89. The molecular weight excluding hydrogens is 359 g/mol. The molecule has 2 aromatic carbocycles. The number of rotatable bonds is 5. The van der Waals surface area contributed by atoms with E-state index in [0.717, 1.165) is 5.69 Å². The number of carbonyl (C=O) groups is 1. The number of carboxylic acid groups (broad SMARTS) is 1. The maximum Gasteiger partial charge on any atom is 0.307 e. The SMILES string of the molecule is O=C(O)Cc1cccc(S(=O)(=O)N2CCN(c3ccc(F)cc3)CC2)c1. The lowest BCUT2D eigenvalue weighted by atomic mass is 10.2.